The number of benzene rings is 1. The Kier molecular flexibility index (Phi) is 8.13. The van der Waals surface area contributed by atoms with Gasteiger partial charge in [-0.25, -0.2) is 8.42 Å². The van der Waals surface area contributed by atoms with Crippen LogP contribution in [-0.4, -0.2) is 42.4 Å². The molecule has 1 fully saturated rings. The maximum Gasteiger partial charge on any atom is 0.306 e. The van der Waals surface area contributed by atoms with Gasteiger partial charge in [0.25, 0.3) is 0 Å². The molecule has 0 aliphatic heterocycles. The van der Waals surface area contributed by atoms with Crippen molar-refractivity contribution in [2.24, 2.45) is 5.92 Å². The molecule has 1 heterocycles. The maximum atomic E-state index is 13.8. The van der Waals surface area contributed by atoms with Gasteiger partial charge in [0, 0.05) is 31.4 Å². The van der Waals surface area contributed by atoms with Gasteiger partial charge in [-0.1, -0.05) is 12.8 Å². The summed E-state index contributed by atoms with van der Waals surface area (Å²) in [5, 5.41) is 0. The van der Waals surface area contributed by atoms with E-state index in [1.54, 1.807) is 48.1 Å². The Labute approximate surface area is 197 Å². The van der Waals surface area contributed by atoms with Crippen molar-refractivity contribution in [3.8, 4) is 5.75 Å². The standard InChI is InChI=1S/C25H34N2O5S/c1-25(2,3)32-24(28)17-20-7-5-6-8-23(20)27(18-19-13-15-26-16-14-19)33(29,30)22-11-9-21(31-4)10-12-22/h9-16,20,23H,5-8,17-18H2,1-4H3. The van der Waals surface area contributed by atoms with E-state index in [2.05, 4.69) is 4.98 Å². The van der Waals surface area contributed by atoms with Gasteiger partial charge < -0.3 is 9.47 Å². The third-order valence-electron chi connectivity index (χ3n) is 5.84. The summed E-state index contributed by atoms with van der Waals surface area (Å²) in [7, 11) is -2.28. The molecular weight excluding hydrogens is 440 g/mol. The van der Waals surface area contributed by atoms with Crippen molar-refractivity contribution in [1.29, 1.82) is 0 Å². The van der Waals surface area contributed by atoms with Crippen molar-refractivity contribution in [3.63, 3.8) is 0 Å². The van der Waals surface area contributed by atoms with Crippen LogP contribution in [0.15, 0.2) is 53.7 Å². The van der Waals surface area contributed by atoms with Crippen LogP contribution in [0.5, 0.6) is 5.75 Å². The Morgan fingerprint density at radius 2 is 1.70 bits per heavy atom. The number of hydrogen-bond donors (Lipinski definition) is 0. The first-order valence-electron chi connectivity index (χ1n) is 11.4. The summed E-state index contributed by atoms with van der Waals surface area (Å²) in [4.78, 5) is 16.9. The van der Waals surface area contributed by atoms with Gasteiger partial charge >= 0.3 is 5.97 Å². The quantitative estimate of drug-likeness (QED) is 0.521. The van der Waals surface area contributed by atoms with Crippen LogP contribution in [0, 0.1) is 5.92 Å². The van der Waals surface area contributed by atoms with Crippen LogP contribution in [-0.2, 0) is 26.1 Å². The molecule has 2 unspecified atom stereocenters. The lowest BCUT2D eigenvalue weighted by Crippen LogP contribution is -2.46. The van der Waals surface area contributed by atoms with Crippen LogP contribution in [0.4, 0.5) is 0 Å². The topological polar surface area (TPSA) is 85.8 Å². The third-order valence-corrected chi connectivity index (χ3v) is 7.73. The molecule has 1 aliphatic rings. The Morgan fingerprint density at radius 3 is 2.30 bits per heavy atom. The predicted octanol–water partition coefficient (Wildman–Crippen LogP) is 4.57. The molecule has 2 atom stereocenters. The van der Waals surface area contributed by atoms with E-state index in [1.165, 1.54) is 0 Å². The van der Waals surface area contributed by atoms with E-state index in [9.17, 15) is 13.2 Å². The van der Waals surface area contributed by atoms with E-state index < -0.39 is 15.6 Å². The molecule has 1 aromatic carbocycles. The summed E-state index contributed by atoms with van der Waals surface area (Å²) in [5.74, 6) is 0.198. The van der Waals surface area contributed by atoms with Gasteiger partial charge in [0.1, 0.15) is 11.4 Å². The Hall–Kier alpha value is -2.45. The molecular formula is C25H34N2O5S. The summed E-state index contributed by atoms with van der Waals surface area (Å²) in [5.41, 5.74) is 0.274. The molecule has 33 heavy (non-hydrogen) atoms. The smallest absolute Gasteiger partial charge is 0.306 e. The number of esters is 1. The average molecular weight is 475 g/mol. The van der Waals surface area contributed by atoms with Gasteiger partial charge in [-0.15, -0.1) is 0 Å². The minimum absolute atomic E-state index is 0.108. The largest absolute Gasteiger partial charge is 0.497 e. The number of nitrogens with zero attached hydrogens (tertiary/aromatic N) is 2. The molecule has 8 heteroatoms. The van der Waals surface area contributed by atoms with Crippen molar-refractivity contribution in [2.75, 3.05) is 7.11 Å². The Morgan fingerprint density at radius 1 is 1.06 bits per heavy atom. The molecule has 0 radical (unpaired) electrons. The lowest BCUT2D eigenvalue weighted by molar-refractivity contribution is -0.156. The van der Waals surface area contributed by atoms with Gasteiger partial charge in [0.15, 0.2) is 0 Å². The molecule has 1 aliphatic carbocycles. The van der Waals surface area contributed by atoms with Gasteiger partial charge in [-0.2, -0.15) is 4.31 Å². The monoisotopic (exact) mass is 474 g/mol. The molecule has 0 bridgehead atoms. The zero-order valence-corrected chi connectivity index (χ0v) is 20.7. The number of pyridine rings is 1. The Bertz CT molecular complexity index is 1020. The second kappa shape index (κ2) is 10.7. The highest BCUT2D eigenvalue weighted by atomic mass is 32.2. The molecule has 3 rings (SSSR count). The highest BCUT2D eigenvalue weighted by Crippen LogP contribution is 2.36. The molecule has 1 aromatic heterocycles. The summed E-state index contributed by atoms with van der Waals surface area (Å²) in [6, 6.07) is 9.78. The van der Waals surface area contributed by atoms with Crippen molar-refractivity contribution >= 4 is 16.0 Å². The first-order chi connectivity index (χ1) is 15.6. The first kappa shape index (κ1) is 25.2. The normalized spacial score (nSPS) is 19.3. The van der Waals surface area contributed by atoms with E-state index in [1.807, 2.05) is 32.9 Å². The highest BCUT2D eigenvalue weighted by Gasteiger charge is 2.39. The summed E-state index contributed by atoms with van der Waals surface area (Å²) in [6.45, 7) is 5.74. The number of carbonyl (C=O) groups is 1. The zero-order chi connectivity index (χ0) is 24.1. The zero-order valence-electron chi connectivity index (χ0n) is 19.9. The first-order valence-corrected chi connectivity index (χ1v) is 12.8. The fourth-order valence-corrected chi connectivity index (χ4v) is 6.04. The van der Waals surface area contributed by atoms with Gasteiger partial charge in [-0.3, -0.25) is 9.78 Å². The lowest BCUT2D eigenvalue weighted by Gasteiger charge is -2.39. The van der Waals surface area contributed by atoms with E-state index in [-0.39, 0.29) is 35.8 Å². The highest BCUT2D eigenvalue weighted by molar-refractivity contribution is 7.89. The summed E-state index contributed by atoms with van der Waals surface area (Å²) >= 11 is 0. The van der Waals surface area contributed by atoms with Crippen molar-refractivity contribution in [2.45, 2.75) is 76.0 Å². The molecule has 0 N–H and O–H groups in total. The average Bonchev–Trinajstić information content (AvgIpc) is 2.77. The summed E-state index contributed by atoms with van der Waals surface area (Å²) < 4.78 is 40.0. The third kappa shape index (κ3) is 6.77. The minimum atomic E-state index is -3.82. The molecule has 7 nitrogen and oxygen atoms in total. The van der Waals surface area contributed by atoms with Gasteiger partial charge in [0.2, 0.25) is 10.0 Å². The number of aromatic nitrogens is 1. The Balaban J connectivity index is 1.95. The molecule has 180 valence electrons. The number of rotatable bonds is 8. The molecule has 0 spiro atoms. The lowest BCUT2D eigenvalue weighted by atomic mass is 9.82. The van der Waals surface area contributed by atoms with Gasteiger partial charge in [-0.05, 0) is 81.5 Å². The van der Waals surface area contributed by atoms with E-state index in [0.717, 1.165) is 24.8 Å². The second-order valence-corrected chi connectivity index (χ2v) is 11.4. The summed E-state index contributed by atoms with van der Waals surface area (Å²) in [6.07, 6.45) is 6.89. The van der Waals surface area contributed by atoms with Crippen molar-refractivity contribution in [1.82, 2.24) is 9.29 Å². The van der Waals surface area contributed by atoms with E-state index >= 15 is 0 Å². The van der Waals surface area contributed by atoms with Crippen LogP contribution in [0.1, 0.15) is 58.4 Å². The number of ether oxygens (including phenoxy) is 2. The molecule has 0 saturated heterocycles. The van der Waals surface area contributed by atoms with Crippen LogP contribution in [0.2, 0.25) is 0 Å². The number of sulfonamides is 1. The fraction of sp³-hybridized carbons (Fsp3) is 0.520. The van der Waals surface area contributed by atoms with E-state index in [4.69, 9.17) is 9.47 Å². The number of carbonyl (C=O) groups excluding carboxylic acids is 1. The number of methoxy groups -OCH3 is 1. The molecule has 0 amide bonds. The van der Waals surface area contributed by atoms with Crippen LogP contribution < -0.4 is 4.74 Å². The second-order valence-electron chi connectivity index (χ2n) is 9.48. The van der Waals surface area contributed by atoms with Crippen LogP contribution >= 0.6 is 0 Å². The molecule has 2 aromatic rings. The SMILES string of the molecule is COc1ccc(S(=O)(=O)N(Cc2ccncc2)C2CCCCC2CC(=O)OC(C)(C)C)cc1. The van der Waals surface area contributed by atoms with Crippen LogP contribution in [0.3, 0.4) is 0 Å². The predicted molar refractivity (Wildman–Crippen MR) is 126 cm³/mol. The molecule has 1 saturated carbocycles. The maximum absolute atomic E-state index is 13.8. The minimum Gasteiger partial charge on any atom is -0.497 e. The van der Waals surface area contributed by atoms with Crippen molar-refractivity contribution < 1.29 is 22.7 Å². The number of hydrogen-bond acceptors (Lipinski definition) is 6. The van der Waals surface area contributed by atoms with Gasteiger partial charge in [0.05, 0.1) is 12.0 Å². The van der Waals surface area contributed by atoms with Crippen molar-refractivity contribution in [3.05, 3.63) is 54.4 Å². The fourth-order valence-electron chi connectivity index (χ4n) is 4.33. The van der Waals surface area contributed by atoms with E-state index in [0.29, 0.717) is 12.2 Å². The van der Waals surface area contributed by atoms with Crippen LogP contribution in [0.25, 0.3) is 0 Å².